The number of hydrogen-bond donors (Lipinski definition) is 4. The van der Waals surface area contributed by atoms with Crippen LogP contribution in [0.1, 0.15) is 0 Å². The molecule has 0 saturated heterocycles. The molecule has 0 amide bonds. The third-order valence-corrected chi connectivity index (χ3v) is 5.05. The van der Waals surface area contributed by atoms with Crippen LogP contribution in [0.15, 0.2) is 0 Å². The summed E-state index contributed by atoms with van der Waals surface area (Å²) in [5, 5.41) is -5.48. The SMILES string of the molecule is O=P(O)(O)C(OF)(C(F)(F)F)P(=O)(O)O. The summed E-state index contributed by atoms with van der Waals surface area (Å²) in [4.78, 5) is 34.4. The molecule has 0 aliphatic rings. The van der Waals surface area contributed by atoms with Crippen LogP contribution in [0.2, 0.25) is 0 Å². The van der Waals surface area contributed by atoms with Crippen molar-refractivity contribution in [3.05, 3.63) is 0 Å². The van der Waals surface area contributed by atoms with Crippen LogP contribution in [0.5, 0.6) is 0 Å². The highest BCUT2D eigenvalue weighted by Gasteiger charge is 2.80. The summed E-state index contributed by atoms with van der Waals surface area (Å²) in [6.45, 7) is 0. The van der Waals surface area contributed by atoms with Crippen molar-refractivity contribution in [3.8, 4) is 0 Å². The molecule has 0 heterocycles. The number of rotatable bonds is 3. The Morgan fingerprint density at radius 3 is 1.20 bits per heavy atom. The molecule has 0 aromatic heterocycles. The lowest BCUT2D eigenvalue weighted by atomic mass is 10.7. The molecule has 0 spiro atoms. The van der Waals surface area contributed by atoms with Crippen molar-refractivity contribution in [2.75, 3.05) is 0 Å². The van der Waals surface area contributed by atoms with Crippen molar-refractivity contribution in [1.29, 1.82) is 0 Å². The van der Waals surface area contributed by atoms with Gasteiger partial charge < -0.3 is 19.6 Å². The molecule has 0 aliphatic heterocycles. The third-order valence-electron chi connectivity index (χ3n) is 1.27. The van der Waals surface area contributed by atoms with Gasteiger partial charge in [0.1, 0.15) is 0 Å². The van der Waals surface area contributed by atoms with E-state index < -0.39 is 26.5 Å². The summed E-state index contributed by atoms with van der Waals surface area (Å²) in [6, 6.07) is 0. The largest absolute Gasteiger partial charge is 0.445 e. The van der Waals surface area contributed by atoms with Crippen LogP contribution >= 0.6 is 15.2 Å². The lowest BCUT2D eigenvalue weighted by Gasteiger charge is -2.31. The molecule has 0 atom stereocenters. The second-order valence-corrected chi connectivity index (χ2v) is 6.06. The van der Waals surface area contributed by atoms with Crippen molar-refractivity contribution in [2.45, 2.75) is 11.3 Å². The second kappa shape index (κ2) is 3.77. The van der Waals surface area contributed by atoms with Gasteiger partial charge in [0.15, 0.2) is 0 Å². The smallest absolute Gasteiger partial charge is 0.322 e. The zero-order valence-electron chi connectivity index (χ0n) is 6.42. The van der Waals surface area contributed by atoms with Gasteiger partial charge in [-0.15, -0.1) is 0 Å². The zero-order valence-corrected chi connectivity index (χ0v) is 8.21. The van der Waals surface area contributed by atoms with Gasteiger partial charge >= 0.3 is 26.5 Å². The Hall–Kier alpha value is -0.0200. The van der Waals surface area contributed by atoms with E-state index in [0.717, 1.165) is 0 Å². The van der Waals surface area contributed by atoms with Crippen LogP contribution in [0, 0.1) is 0 Å². The topological polar surface area (TPSA) is 124 Å². The maximum Gasteiger partial charge on any atom is 0.445 e. The van der Waals surface area contributed by atoms with E-state index in [1.54, 1.807) is 0 Å². The van der Waals surface area contributed by atoms with E-state index in [9.17, 15) is 26.8 Å². The maximum atomic E-state index is 12.0. The van der Waals surface area contributed by atoms with E-state index in [-0.39, 0.29) is 0 Å². The molecule has 15 heavy (non-hydrogen) atoms. The van der Waals surface area contributed by atoms with Crippen molar-refractivity contribution in [3.63, 3.8) is 0 Å². The molecule has 7 nitrogen and oxygen atoms in total. The summed E-state index contributed by atoms with van der Waals surface area (Å²) < 4.78 is 68.2. The minimum absolute atomic E-state index is 1.88. The number of alkyl halides is 3. The van der Waals surface area contributed by atoms with Gasteiger partial charge in [-0.3, -0.25) is 9.13 Å². The highest BCUT2D eigenvalue weighted by molar-refractivity contribution is 7.72. The minimum atomic E-state index is -6.64. The van der Waals surface area contributed by atoms with E-state index in [1.165, 1.54) is 0 Å². The van der Waals surface area contributed by atoms with Gasteiger partial charge in [0.25, 0.3) is 0 Å². The fraction of sp³-hybridized carbons (Fsp3) is 1.00. The average Bonchev–Trinajstić information content (AvgIpc) is 1.76. The summed E-state index contributed by atoms with van der Waals surface area (Å²) in [5.74, 6) is 0. The van der Waals surface area contributed by atoms with E-state index in [1.807, 2.05) is 4.94 Å². The Kier molecular flexibility index (Phi) is 3.77. The van der Waals surface area contributed by atoms with Crippen molar-refractivity contribution < 1.29 is 51.3 Å². The summed E-state index contributed by atoms with van der Waals surface area (Å²) in [7, 11) is -13.3. The summed E-state index contributed by atoms with van der Waals surface area (Å²) in [5.41, 5.74) is 0. The Bertz CT molecular complexity index is 302. The van der Waals surface area contributed by atoms with Crippen molar-refractivity contribution >= 4 is 15.2 Å². The fourth-order valence-corrected chi connectivity index (χ4v) is 2.83. The minimum Gasteiger partial charge on any atom is -0.322 e. The first-order valence-corrected chi connectivity index (χ1v) is 6.01. The molecule has 92 valence electrons. The summed E-state index contributed by atoms with van der Waals surface area (Å²) in [6.07, 6.45) is -6.29. The third kappa shape index (κ3) is 2.23. The monoisotopic (exact) mass is 278 g/mol. The van der Waals surface area contributed by atoms with Crippen molar-refractivity contribution in [2.24, 2.45) is 0 Å². The molecule has 13 heteroatoms. The van der Waals surface area contributed by atoms with Gasteiger partial charge in [0.05, 0.1) is 0 Å². The summed E-state index contributed by atoms with van der Waals surface area (Å²) >= 11 is 0. The predicted molar refractivity (Wildman–Crippen MR) is 35.1 cm³/mol. The molecule has 0 saturated carbocycles. The van der Waals surface area contributed by atoms with Crippen LogP contribution in [-0.4, -0.2) is 30.8 Å². The van der Waals surface area contributed by atoms with Crippen LogP contribution in [0.25, 0.3) is 0 Å². The molecule has 0 radical (unpaired) electrons. The first kappa shape index (κ1) is 15.0. The molecule has 0 rings (SSSR count). The molecule has 0 fully saturated rings. The van der Waals surface area contributed by atoms with Crippen LogP contribution in [0.4, 0.5) is 17.7 Å². The normalized spacial score (nSPS) is 15.5. The van der Waals surface area contributed by atoms with Crippen molar-refractivity contribution in [1.82, 2.24) is 0 Å². The van der Waals surface area contributed by atoms with Gasteiger partial charge in [-0.25, -0.2) is 0 Å². The highest BCUT2D eigenvalue weighted by Crippen LogP contribution is 2.75. The molecular formula is C2H4F4O7P2. The molecule has 0 aliphatic carbocycles. The molecule has 0 bridgehead atoms. The van der Waals surface area contributed by atoms with Gasteiger partial charge in [-0.2, -0.15) is 18.1 Å². The Balaban J connectivity index is 6.02. The molecule has 4 N–H and O–H groups in total. The predicted octanol–water partition coefficient (Wildman–Crippen LogP) is 0.459. The van der Waals surface area contributed by atoms with Gasteiger partial charge in [0, 0.05) is 0 Å². The van der Waals surface area contributed by atoms with E-state index in [4.69, 9.17) is 19.6 Å². The molecule has 0 aromatic carbocycles. The number of hydrogen-bond acceptors (Lipinski definition) is 3. The lowest BCUT2D eigenvalue weighted by molar-refractivity contribution is -0.294. The van der Waals surface area contributed by atoms with E-state index in [0.29, 0.717) is 0 Å². The van der Waals surface area contributed by atoms with Crippen LogP contribution < -0.4 is 0 Å². The molecule has 0 aromatic rings. The maximum absolute atomic E-state index is 12.0. The zero-order chi connectivity index (χ0) is 12.7. The number of halogens is 4. The van der Waals surface area contributed by atoms with E-state index >= 15 is 0 Å². The Morgan fingerprint density at radius 2 is 1.20 bits per heavy atom. The van der Waals surface area contributed by atoms with Gasteiger partial charge in [0.2, 0.25) is 0 Å². The standard InChI is InChI=1S/C2H4F4O7P2/c3-1(4,5)2(13-6,14(7,8)9)15(10,11)12/h(H2,7,8,9)(H2,10,11,12). The van der Waals surface area contributed by atoms with E-state index in [2.05, 4.69) is 0 Å². The fourth-order valence-electron chi connectivity index (χ4n) is 0.634. The average molecular weight is 278 g/mol. The quantitative estimate of drug-likeness (QED) is 0.436. The van der Waals surface area contributed by atoms with Gasteiger partial charge in [-0.05, 0) is 4.53 Å². The lowest BCUT2D eigenvalue weighted by Crippen LogP contribution is -2.45. The highest BCUT2D eigenvalue weighted by atomic mass is 31.2. The van der Waals surface area contributed by atoms with Gasteiger partial charge in [-0.1, -0.05) is 0 Å². The molecule has 0 unspecified atom stereocenters. The second-order valence-electron chi connectivity index (χ2n) is 2.27. The Labute approximate surface area is 78.9 Å². The first-order chi connectivity index (χ1) is 6.31. The van der Waals surface area contributed by atoms with Crippen LogP contribution in [-0.2, 0) is 14.1 Å². The Morgan fingerprint density at radius 1 is 0.933 bits per heavy atom. The molecular weight excluding hydrogens is 274 g/mol. The van der Waals surface area contributed by atoms with Crippen LogP contribution in [0.3, 0.4) is 0 Å². The first-order valence-electron chi connectivity index (χ1n) is 2.79.